The number of hydrogen-bond donors (Lipinski definition) is 2. The van der Waals surface area contributed by atoms with Gasteiger partial charge in [-0.25, -0.2) is 4.98 Å². The minimum Gasteiger partial charge on any atom is -0.352 e. The Hall–Kier alpha value is -2.53. The SMILES string of the molecule is Cc1ccc2nc(N3CCC[C@@H](C(=O)NCc4ccccc4Cl)C3)[nH]c2c1. The van der Waals surface area contributed by atoms with Crippen molar-refractivity contribution in [3.63, 3.8) is 0 Å². The van der Waals surface area contributed by atoms with E-state index in [9.17, 15) is 4.79 Å². The Balaban J connectivity index is 1.42. The molecule has 0 aliphatic carbocycles. The van der Waals surface area contributed by atoms with E-state index < -0.39 is 0 Å². The lowest BCUT2D eigenvalue weighted by molar-refractivity contribution is -0.125. The molecule has 27 heavy (non-hydrogen) atoms. The quantitative estimate of drug-likeness (QED) is 0.715. The third-order valence-electron chi connectivity index (χ3n) is 5.13. The van der Waals surface area contributed by atoms with Crippen molar-refractivity contribution in [2.75, 3.05) is 18.0 Å². The predicted octanol–water partition coefficient (Wildman–Crippen LogP) is 4.06. The third kappa shape index (κ3) is 3.93. The van der Waals surface area contributed by atoms with E-state index in [1.807, 2.05) is 30.3 Å². The van der Waals surface area contributed by atoms with E-state index in [0.29, 0.717) is 18.1 Å². The maximum absolute atomic E-state index is 12.7. The van der Waals surface area contributed by atoms with Crippen molar-refractivity contribution in [1.29, 1.82) is 0 Å². The zero-order valence-electron chi connectivity index (χ0n) is 15.3. The second-order valence-electron chi connectivity index (χ2n) is 7.18. The fourth-order valence-electron chi connectivity index (χ4n) is 3.61. The van der Waals surface area contributed by atoms with Crippen LogP contribution in [0, 0.1) is 12.8 Å². The van der Waals surface area contributed by atoms with Crippen molar-refractivity contribution in [1.82, 2.24) is 15.3 Å². The van der Waals surface area contributed by atoms with Gasteiger partial charge in [0.25, 0.3) is 0 Å². The van der Waals surface area contributed by atoms with E-state index in [-0.39, 0.29) is 11.8 Å². The molecule has 2 aromatic carbocycles. The summed E-state index contributed by atoms with van der Waals surface area (Å²) in [6.45, 7) is 4.11. The fraction of sp³-hybridized carbons (Fsp3) is 0.333. The number of halogens is 1. The summed E-state index contributed by atoms with van der Waals surface area (Å²) in [4.78, 5) is 22.9. The number of imidazole rings is 1. The van der Waals surface area contributed by atoms with E-state index >= 15 is 0 Å². The van der Waals surface area contributed by atoms with E-state index in [4.69, 9.17) is 16.6 Å². The summed E-state index contributed by atoms with van der Waals surface area (Å²) >= 11 is 6.17. The van der Waals surface area contributed by atoms with Gasteiger partial charge in [-0.15, -0.1) is 0 Å². The number of carbonyl (C=O) groups is 1. The summed E-state index contributed by atoms with van der Waals surface area (Å²) in [6, 6.07) is 13.8. The Kier molecular flexibility index (Phi) is 5.03. The van der Waals surface area contributed by atoms with E-state index in [1.165, 1.54) is 5.56 Å². The molecule has 1 amide bonds. The number of rotatable bonds is 4. The molecule has 1 atom stereocenters. The summed E-state index contributed by atoms with van der Waals surface area (Å²) in [5, 5.41) is 3.72. The molecular weight excluding hydrogens is 360 g/mol. The number of hydrogen-bond acceptors (Lipinski definition) is 3. The fourth-order valence-corrected chi connectivity index (χ4v) is 3.81. The van der Waals surface area contributed by atoms with Gasteiger partial charge in [-0.1, -0.05) is 35.9 Å². The molecule has 1 fully saturated rings. The minimum atomic E-state index is -0.0452. The number of anilines is 1. The molecule has 0 bridgehead atoms. The van der Waals surface area contributed by atoms with Gasteiger partial charge in [0.05, 0.1) is 17.0 Å². The van der Waals surface area contributed by atoms with Crippen LogP contribution < -0.4 is 10.2 Å². The first kappa shape index (κ1) is 17.9. The summed E-state index contributed by atoms with van der Waals surface area (Å²) in [7, 11) is 0. The van der Waals surface area contributed by atoms with Crippen LogP contribution >= 0.6 is 11.6 Å². The molecule has 3 aromatic rings. The average molecular weight is 383 g/mol. The monoisotopic (exact) mass is 382 g/mol. The van der Waals surface area contributed by atoms with Crippen molar-refractivity contribution in [2.45, 2.75) is 26.3 Å². The van der Waals surface area contributed by atoms with Crippen molar-refractivity contribution in [3.05, 3.63) is 58.6 Å². The van der Waals surface area contributed by atoms with Gasteiger partial charge in [0.15, 0.2) is 0 Å². The van der Waals surface area contributed by atoms with Gasteiger partial charge in [-0.2, -0.15) is 0 Å². The molecule has 1 aliphatic heterocycles. The van der Waals surface area contributed by atoms with Crippen LogP contribution in [0.5, 0.6) is 0 Å². The summed E-state index contributed by atoms with van der Waals surface area (Å²) < 4.78 is 0. The highest BCUT2D eigenvalue weighted by Gasteiger charge is 2.27. The first-order chi connectivity index (χ1) is 13.1. The molecule has 0 saturated carbocycles. The van der Waals surface area contributed by atoms with Crippen LogP contribution in [0.15, 0.2) is 42.5 Å². The number of piperidine rings is 1. The number of aromatic amines is 1. The predicted molar refractivity (Wildman–Crippen MR) is 109 cm³/mol. The van der Waals surface area contributed by atoms with Crippen molar-refractivity contribution >= 4 is 34.5 Å². The standard InChI is InChI=1S/C21H23ClN4O/c1-14-8-9-18-19(11-14)25-21(24-18)26-10-4-6-16(13-26)20(27)23-12-15-5-2-3-7-17(15)22/h2-3,5,7-9,11,16H,4,6,10,12-13H2,1H3,(H,23,27)(H,24,25)/t16-/m1/s1. The molecule has 0 unspecified atom stereocenters. The first-order valence-electron chi connectivity index (χ1n) is 9.32. The first-order valence-corrected chi connectivity index (χ1v) is 9.70. The Morgan fingerprint density at radius 3 is 3.04 bits per heavy atom. The molecular formula is C21H23ClN4O. The zero-order valence-corrected chi connectivity index (χ0v) is 16.1. The molecule has 0 radical (unpaired) electrons. The summed E-state index contributed by atoms with van der Waals surface area (Å²) in [5.41, 5.74) is 4.14. The van der Waals surface area contributed by atoms with Gasteiger partial charge in [0.2, 0.25) is 11.9 Å². The molecule has 1 aromatic heterocycles. The number of nitrogens with zero attached hydrogens (tertiary/aromatic N) is 2. The van der Waals surface area contributed by atoms with Crippen molar-refractivity contribution < 1.29 is 4.79 Å². The number of carbonyl (C=O) groups excluding carboxylic acids is 1. The number of H-pyrrole nitrogens is 1. The summed E-state index contributed by atoms with van der Waals surface area (Å²) in [5.74, 6) is 0.877. The smallest absolute Gasteiger partial charge is 0.225 e. The molecule has 2 heterocycles. The molecule has 2 N–H and O–H groups in total. The van der Waals surface area contributed by atoms with Gasteiger partial charge < -0.3 is 15.2 Å². The lowest BCUT2D eigenvalue weighted by Gasteiger charge is -2.31. The number of nitrogens with one attached hydrogen (secondary N) is 2. The average Bonchev–Trinajstić information content (AvgIpc) is 3.10. The van der Waals surface area contributed by atoms with Gasteiger partial charge in [0.1, 0.15) is 0 Å². The van der Waals surface area contributed by atoms with E-state index in [1.54, 1.807) is 0 Å². The third-order valence-corrected chi connectivity index (χ3v) is 5.50. The highest BCUT2D eigenvalue weighted by molar-refractivity contribution is 6.31. The van der Waals surface area contributed by atoms with Crippen molar-refractivity contribution in [2.24, 2.45) is 5.92 Å². The van der Waals surface area contributed by atoms with Crippen LogP contribution in [0.1, 0.15) is 24.0 Å². The van der Waals surface area contributed by atoms with E-state index in [0.717, 1.165) is 41.9 Å². The zero-order chi connectivity index (χ0) is 18.8. The molecule has 0 spiro atoms. The maximum Gasteiger partial charge on any atom is 0.225 e. The minimum absolute atomic E-state index is 0.0452. The molecule has 5 nitrogen and oxygen atoms in total. The van der Waals surface area contributed by atoms with Crippen molar-refractivity contribution in [3.8, 4) is 0 Å². The van der Waals surface area contributed by atoms with Crippen LogP contribution in [0.25, 0.3) is 11.0 Å². The number of amides is 1. The highest BCUT2D eigenvalue weighted by Crippen LogP contribution is 2.24. The van der Waals surface area contributed by atoms with Gasteiger partial charge in [-0.3, -0.25) is 4.79 Å². The summed E-state index contributed by atoms with van der Waals surface area (Å²) in [6.07, 6.45) is 1.87. The van der Waals surface area contributed by atoms with Gasteiger partial charge in [0, 0.05) is 24.7 Å². The van der Waals surface area contributed by atoms with E-state index in [2.05, 4.69) is 34.3 Å². The lowest BCUT2D eigenvalue weighted by atomic mass is 9.97. The Morgan fingerprint density at radius 1 is 1.33 bits per heavy atom. The highest BCUT2D eigenvalue weighted by atomic mass is 35.5. The van der Waals surface area contributed by atoms with Crippen LogP contribution in [-0.2, 0) is 11.3 Å². The van der Waals surface area contributed by atoms with Crippen LogP contribution in [0.3, 0.4) is 0 Å². The van der Waals surface area contributed by atoms with Gasteiger partial charge >= 0.3 is 0 Å². The normalized spacial score (nSPS) is 17.3. The second kappa shape index (κ2) is 7.61. The number of fused-ring (bicyclic) bond motifs is 1. The molecule has 1 saturated heterocycles. The Bertz CT molecular complexity index is 968. The lowest BCUT2D eigenvalue weighted by Crippen LogP contribution is -2.43. The number of aryl methyl sites for hydroxylation is 1. The number of aromatic nitrogens is 2. The molecule has 6 heteroatoms. The largest absolute Gasteiger partial charge is 0.352 e. The second-order valence-corrected chi connectivity index (χ2v) is 7.58. The van der Waals surface area contributed by atoms with Crippen LogP contribution in [0.4, 0.5) is 5.95 Å². The van der Waals surface area contributed by atoms with Crippen LogP contribution in [-0.4, -0.2) is 29.0 Å². The number of benzene rings is 2. The van der Waals surface area contributed by atoms with Gasteiger partial charge in [-0.05, 0) is 49.1 Å². The molecule has 140 valence electrons. The maximum atomic E-state index is 12.7. The molecule has 1 aliphatic rings. The Morgan fingerprint density at radius 2 is 2.19 bits per heavy atom. The van der Waals surface area contributed by atoms with Crippen LogP contribution in [0.2, 0.25) is 5.02 Å². The molecule has 4 rings (SSSR count). The topological polar surface area (TPSA) is 61.0 Å². The Labute approximate surface area is 163 Å².